The van der Waals surface area contributed by atoms with Crippen LogP contribution in [0.2, 0.25) is 5.02 Å². The summed E-state index contributed by atoms with van der Waals surface area (Å²) in [4.78, 5) is 3.85. The molecule has 9 heteroatoms. The van der Waals surface area contributed by atoms with Gasteiger partial charge in [-0.15, -0.1) is 0 Å². The summed E-state index contributed by atoms with van der Waals surface area (Å²) in [5.74, 6) is 5.30. The number of nitrogens with two attached hydrogens (primary N) is 1. The van der Waals surface area contributed by atoms with Gasteiger partial charge in [0.15, 0.2) is 0 Å². The average Bonchev–Trinajstić information content (AvgIpc) is 2.44. The van der Waals surface area contributed by atoms with Crippen molar-refractivity contribution in [2.45, 2.75) is 11.9 Å². The number of hydrogen-bond donors (Lipinski definition) is 3. The Kier molecular flexibility index (Phi) is 4.72. The Morgan fingerprint density at radius 2 is 2.05 bits per heavy atom. The largest absolute Gasteiger partial charge is 0.321 e. The second-order valence-corrected chi connectivity index (χ2v) is 7.05. The van der Waals surface area contributed by atoms with E-state index in [1.165, 1.54) is 18.3 Å². The van der Waals surface area contributed by atoms with Crippen molar-refractivity contribution in [2.75, 3.05) is 10.1 Å². The maximum atomic E-state index is 12.4. The molecule has 1 aromatic heterocycles. The van der Waals surface area contributed by atoms with Gasteiger partial charge in [-0.05, 0) is 52.7 Å². The molecule has 0 atom stereocenters. The van der Waals surface area contributed by atoms with Crippen LogP contribution in [0.15, 0.2) is 40.0 Å². The molecule has 112 valence electrons. The predicted molar refractivity (Wildman–Crippen MR) is 86.7 cm³/mol. The molecular weight excluding hydrogens is 380 g/mol. The summed E-state index contributed by atoms with van der Waals surface area (Å²) in [6.45, 7) is 1.82. The summed E-state index contributed by atoms with van der Waals surface area (Å²) in [5, 5.41) is 0.255. The van der Waals surface area contributed by atoms with Crippen LogP contribution in [0, 0.1) is 6.92 Å². The number of hydrogen-bond acceptors (Lipinski definition) is 5. The summed E-state index contributed by atoms with van der Waals surface area (Å²) in [6.07, 6.45) is 1.37. The fraction of sp³-hybridized carbons (Fsp3) is 0.0833. The number of sulfonamides is 1. The number of anilines is 2. The highest BCUT2D eigenvalue weighted by Crippen LogP contribution is 2.31. The van der Waals surface area contributed by atoms with Crippen LogP contribution in [0.1, 0.15) is 5.56 Å². The Morgan fingerprint density at radius 1 is 1.33 bits per heavy atom. The Morgan fingerprint density at radius 3 is 2.71 bits per heavy atom. The van der Waals surface area contributed by atoms with Crippen molar-refractivity contribution >= 4 is 48.9 Å². The average molecular weight is 392 g/mol. The molecule has 0 saturated carbocycles. The molecule has 0 aliphatic carbocycles. The van der Waals surface area contributed by atoms with Crippen molar-refractivity contribution in [3.05, 3.63) is 45.5 Å². The van der Waals surface area contributed by atoms with Gasteiger partial charge in [-0.1, -0.05) is 11.6 Å². The molecule has 21 heavy (non-hydrogen) atoms. The van der Waals surface area contributed by atoms with Crippen molar-refractivity contribution in [2.24, 2.45) is 5.84 Å². The van der Waals surface area contributed by atoms with Crippen LogP contribution in [0.3, 0.4) is 0 Å². The number of nitrogen functional groups attached to an aromatic ring is 1. The monoisotopic (exact) mass is 390 g/mol. The highest BCUT2D eigenvalue weighted by atomic mass is 79.9. The molecule has 2 rings (SSSR count). The lowest BCUT2D eigenvalue weighted by Gasteiger charge is -2.13. The molecule has 0 amide bonds. The van der Waals surface area contributed by atoms with E-state index in [1.54, 1.807) is 12.1 Å². The van der Waals surface area contributed by atoms with Crippen molar-refractivity contribution in [3.63, 3.8) is 0 Å². The van der Waals surface area contributed by atoms with Gasteiger partial charge in [-0.25, -0.2) is 4.98 Å². The minimum atomic E-state index is -3.90. The third-order valence-electron chi connectivity index (χ3n) is 2.67. The minimum absolute atomic E-state index is 0.194. The second-order valence-electron chi connectivity index (χ2n) is 4.19. The molecular formula is C12H12BrClN4O2S. The first-order chi connectivity index (χ1) is 9.85. The number of aryl methyl sites for hydroxylation is 1. The zero-order valence-corrected chi connectivity index (χ0v) is 14.1. The van der Waals surface area contributed by atoms with Crippen molar-refractivity contribution < 1.29 is 8.42 Å². The van der Waals surface area contributed by atoms with E-state index in [-0.39, 0.29) is 10.7 Å². The molecule has 0 saturated heterocycles. The van der Waals surface area contributed by atoms with Crippen LogP contribution in [0.5, 0.6) is 0 Å². The first-order valence-electron chi connectivity index (χ1n) is 5.75. The van der Waals surface area contributed by atoms with E-state index in [9.17, 15) is 8.42 Å². The number of hydrazine groups is 1. The van der Waals surface area contributed by atoms with E-state index >= 15 is 0 Å². The fourth-order valence-electron chi connectivity index (χ4n) is 1.63. The third kappa shape index (κ3) is 3.46. The summed E-state index contributed by atoms with van der Waals surface area (Å²) in [5.41, 5.74) is 3.64. The number of benzene rings is 1. The Bertz CT molecular complexity index is 783. The summed E-state index contributed by atoms with van der Waals surface area (Å²) >= 11 is 9.31. The molecule has 0 spiro atoms. The van der Waals surface area contributed by atoms with E-state index in [4.69, 9.17) is 17.4 Å². The van der Waals surface area contributed by atoms with Crippen LogP contribution < -0.4 is 16.0 Å². The lowest BCUT2D eigenvalue weighted by molar-refractivity contribution is 0.598. The molecule has 0 unspecified atom stereocenters. The zero-order chi connectivity index (χ0) is 15.6. The number of nitrogens with one attached hydrogen (secondary N) is 2. The van der Waals surface area contributed by atoms with Gasteiger partial charge in [0, 0.05) is 15.7 Å². The summed E-state index contributed by atoms with van der Waals surface area (Å²) in [7, 11) is -3.90. The van der Waals surface area contributed by atoms with Crippen LogP contribution >= 0.6 is 27.5 Å². The Balaban J connectivity index is 2.45. The predicted octanol–water partition coefficient (Wildman–Crippen LogP) is 2.89. The molecule has 1 aromatic carbocycles. The molecule has 4 N–H and O–H groups in total. The van der Waals surface area contributed by atoms with E-state index in [2.05, 4.69) is 31.1 Å². The second kappa shape index (κ2) is 6.18. The van der Waals surface area contributed by atoms with E-state index in [1.807, 2.05) is 6.92 Å². The van der Waals surface area contributed by atoms with Gasteiger partial charge in [0.05, 0.1) is 11.4 Å². The minimum Gasteiger partial charge on any atom is -0.321 e. The first-order valence-corrected chi connectivity index (χ1v) is 8.40. The highest BCUT2D eigenvalue weighted by Gasteiger charge is 2.21. The van der Waals surface area contributed by atoms with Crippen LogP contribution in [0.25, 0.3) is 0 Å². The van der Waals surface area contributed by atoms with Gasteiger partial charge in [-0.2, -0.15) is 8.42 Å². The molecule has 0 aliphatic rings. The van der Waals surface area contributed by atoms with E-state index in [0.717, 1.165) is 5.56 Å². The van der Waals surface area contributed by atoms with Gasteiger partial charge >= 0.3 is 0 Å². The molecule has 6 nitrogen and oxygen atoms in total. The Labute approximate surface area is 135 Å². The van der Waals surface area contributed by atoms with Crippen molar-refractivity contribution in [1.29, 1.82) is 0 Å². The molecule has 2 aromatic rings. The first kappa shape index (κ1) is 16.0. The quantitative estimate of drug-likeness (QED) is 0.550. The smallest absolute Gasteiger partial charge is 0.281 e. The lowest BCUT2D eigenvalue weighted by atomic mass is 10.2. The number of aromatic nitrogens is 1. The maximum Gasteiger partial charge on any atom is 0.281 e. The fourth-order valence-corrected chi connectivity index (χ4v) is 3.66. The molecule has 1 heterocycles. The van der Waals surface area contributed by atoms with Gasteiger partial charge in [0.25, 0.3) is 10.0 Å². The molecule has 0 bridgehead atoms. The maximum absolute atomic E-state index is 12.4. The number of rotatable bonds is 4. The molecule has 0 fully saturated rings. The topological polar surface area (TPSA) is 97.1 Å². The van der Waals surface area contributed by atoms with Crippen LogP contribution in [0.4, 0.5) is 11.4 Å². The molecule has 0 radical (unpaired) electrons. The standard InChI is InChI=1S/C12H12BrClN4O2S/c1-7-5-8(13)11(6-9(7)14)18-21(19,20)12-10(17-15)3-2-4-16-12/h2-6,17-18H,15H2,1H3. The van der Waals surface area contributed by atoms with Gasteiger partial charge in [-0.3, -0.25) is 10.6 Å². The third-order valence-corrected chi connectivity index (χ3v) is 5.06. The lowest BCUT2D eigenvalue weighted by Crippen LogP contribution is -2.19. The van der Waals surface area contributed by atoms with Crippen molar-refractivity contribution in [3.8, 4) is 0 Å². The SMILES string of the molecule is Cc1cc(Br)c(NS(=O)(=O)c2ncccc2NN)cc1Cl. The van der Waals surface area contributed by atoms with Gasteiger partial charge in [0.2, 0.25) is 5.03 Å². The normalized spacial score (nSPS) is 11.2. The number of halogens is 2. The van der Waals surface area contributed by atoms with Gasteiger partial charge < -0.3 is 5.43 Å². The van der Waals surface area contributed by atoms with E-state index in [0.29, 0.717) is 15.2 Å². The number of nitrogens with zero attached hydrogens (tertiary/aromatic N) is 1. The summed E-state index contributed by atoms with van der Waals surface area (Å²) < 4.78 is 27.8. The van der Waals surface area contributed by atoms with Crippen molar-refractivity contribution in [1.82, 2.24) is 4.98 Å². The molecule has 0 aliphatic heterocycles. The summed E-state index contributed by atoms with van der Waals surface area (Å²) in [6, 6.07) is 6.34. The Hall–Kier alpha value is -1.35. The van der Waals surface area contributed by atoms with Gasteiger partial charge in [0.1, 0.15) is 0 Å². The highest BCUT2D eigenvalue weighted by molar-refractivity contribution is 9.10. The number of pyridine rings is 1. The zero-order valence-electron chi connectivity index (χ0n) is 10.9. The van der Waals surface area contributed by atoms with Crippen LogP contribution in [-0.4, -0.2) is 13.4 Å². The van der Waals surface area contributed by atoms with Crippen LogP contribution in [-0.2, 0) is 10.0 Å². The van der Waals surface area contributed by atoms with E-state index < -0.39 is 10.0 Å².